The molecule has 0 saturated carbocycles. The molecule has 7 nitrogen and oxygen atoms in total. The molecule has 0 aliphatic heterocycles. The van der Waals surface area contributed by atoms with E-state index in [1.807, 2.05) is 53.7 Å². The molecule has 0 heterocycles. The summed E-state index contributed by atoms with van der Waals surface area (Å²) in [4.78, 5) is 12.8. The van der Waals surface area contributed by atoms with Gasteiger partial charge in [0.25, 0.3) is 0 Å². The quantitative estimate of drug-likeness (QED) is 0.523. The topological polar surface area (TPSA) is 93.7 Å². The number of nitrogens with one attached hydrogen (secondary N) is 2. The molecule has 0 unspecified atom stereocenters. The predicted molar refractivity (Wildman–Crippen MR) is 127 cm³/mol. The number of aryl methyl sites for hydroxylation is 1. The number of anilines is 1. The number of amides is 1. The van der Waals surface area contributed by atoms with Crippen molar-refractivity contribution in [1.29, 1.82) is 0 Å². The standard InChI is InChI=1S/C24H34N2O5S/c1-15-8-9-21(22(14-15)31-13-12-30-7)26-23(27)10-11-25-32(28,29)24-19(5)17(3)16(2)18(4)20(24)6/h8-9,14,25H,10-13H2,1-7H3,(H,26,27). The number of carbonyl (C=O) groups is 1. The van der Waals surface area contributed by atoms with Crippen molar-refractivity contribution >= 4 is 21.6 Å². The van der Waals surface area contributed by atoms with Gasteiger partial charge in [-0.1, -0.05) is 6.07 Å². The van der Waals surface area contributed by atoms with Gasteiger partial charge >= 0.3 is 0 Å². The van der Waals surface area contributed by atoms with Crippen LogP contribution in [0.3, 0.4) is 0 Å². The summed E-state index contributed by atoms with van der Waals surface area (Å²) in [5.41, 5.74) is 6.03. The molecular formula is C24H34N2O5S. The number of hydrogen-bond donors (Lipinski definition) is 2. The molecule has 176 valence electrons. The van der Waals surface area contributed by atoms with Gasteiger partial charge in [0.15, 0.2) is 0 Å². The molecule has 1 amide bonds. The number of hydrogen-bond acceptors (Lipinski definition) is 5. The van der Waals surface area contributed by atoms with E-state index in [0.29, 0.717) is 29.5 Å². The van der Waals surface area contributed by atoms with Crippen molar-refractivity contribution in [3.8, 4) is 5.75 Å². The highest BCUT2D eigenvalue weighted by Crippen LogP contribution is 2.29. The Morgan fingerprint density at radius 3 is 2.09 bits per heavy atom. The van der Waals surface area contributed by atoms with Gasteiger partial charge in [0.1, 0.15) is 12.4 Å². The Morgan fingerprint density at radius 1 is 0.906 bits per heavy atom. The molecule has 0 aromatic heterocycles. The number of methoxy groups -OCH3 is 1. The summed E-state index contributed by atoms with van der Waals surface area (Å²) in [6.07, 6.45) is -0.00740. The molecule has 2 aromatic rings. The molecular weight excluding hydrogens is 428 g/mol. The van der Waals surface area contributed by atoms with Crippen molar-refractivity contribution in [1.82, 2.24) is 4.72 Å². The molecule has 2 rings (SSSR count). The minimum atomic E-state index is -3.75. The Kier molecular flexibility index (Phi) is 8.83. The maximum Gasteiger partial charge on any atom is 0.241 e. The minimum Gasteiger partial charge on any atom is -0.489 e. The molecule has 2 N–H and O–H groups in total. The second-order valence-electron chi connectivity index (χ2n) is 7.99. The maximum atomic E-state index is 13.0. The maximum absolute atomic E-state index is 13.0. The van der Waals surface area contributed by atoms with Crippen LogP contribution in [0.15, 0.2) is 23.1 Å². The summed E-state index contributed by atoms with van der Waals surface area (Å²) < 4.78 is 39.2. The number of rotatable bonds is 10. The van der Waals surface area contributed by atoms with Crippen molar-refractivity contribution in [2.45, 2.75) is 52.9 Å². The third-order valence-corrected chi connectivity index (χ3v) is 7.53. The van der Waals surface area contributed by atoms with E-state index in [1.54, 1.807) is 13.2 Å². The van der Waals surface area contributed by atoms with E-state index in [-0.39, 0.29) is 18.9 Å². The monoisotopic (exact) mass is 462 g/mol. The molecule has 0 atom stereocenters. The first-order valence-electron chi connectivity index (χ1n) is 10.6. The first-order valence-corrected chi connectivity index (χ1v) is 12.1. The normalized spacial score (nSPS) is 11.5. The molecule has 2 aromatic carbocycles. The summed E-state index contributed by atoms with van der Waals surface area (Å²) >= 11 is 0. The van der Waals surface area contributed by atoms with Crippen LogP contribution in [-0.4, -0.2) is 41.2 Å². The fourth-order valence-electron chi connectivity index (χ4n) is 3.54. The van der Waals surface area contributed by atoms with Gasteiger partial charge in [0.05, 0.1) is 17.2 Å². The summed E-state index contributed by atoms with van der Waals surface area (Å²) in [7, 11) is -2.16. The highest BCUT2D eigenvalue weighted by molar-refractivity contribution is 7.89. The summed E-state index contributed by atoms with van der Waals surface area (Å²) in [5.74, 6) is 0.241. The lowest BCUT2D eigenvalue weighted by Crippen LogP contribution is -2.29. The number of carbonyl (C=O) groups excluding carboxylic acids is 1. The number of benzene rings is 2. The SMILES string of the molecule is COCCOc1cc(C)ccc1NC(=O)CCNS(=O)(=O)c1c(C)c(C)c(C)c(C)c1C. The van der Waals surface area contributed by atoms with E-state index in [9.17, 15) is 13.2 Å². The van der Waals surface area contributed by atoms with Crippen LogP contribution in [0.25, 0.3) is 0 Å². The zero-order valence-corrected chi connectivity index (χ0v) is 20.8. The van der Waals surface area contributed by atoms with Gasteiger partial charge < -0.3 is 14.8 Å². The summed E-state index contributed by atoms with van der Waals surface area (Å²) in [6.45, 7) is 12.2. The average molecular weight is 463 g/mol. The second-order valence-corrected chi connectivity index (χ2v) is 9.69. The van der Waals surface area contributed by atoms with Crippen molar-refractivity contribution < 1.29 is 22.7 Å². The van der Waals surface area contributed by atoms with E-state index in [0.717, 1.165) is 33.4 Å². The summed E-state index contributed by atoms with van der Waals surface area (Å²) in [5, 5.41) is 2.80. The van der Waals surface area contributed by atoms with E-state index in [4.69, 9.17) is 9.47 Å². The van der Waals surface area contributed by atoms with E-state index in [2.05, 4.69) is 10.0 Å². The van der Waals surface area contributed by atoms with Crippen LogP contribution in [0, 0.1) is 41.5 Å². The Labute approximate surface area is 191 Å². The van der Waals surface area contributed by atoms with Gasteiger partial charge in [-0.25, -0.2) is 13.1 Å². The lowest BCUT2D eigenvalue weighted by atomic mass is 9.95. The lowest BCUT2D eigenvalue weighted by Gasteiger charge is -2.19. The third kappa shape index (κ3) is 6.09. The highest BCUT2D eigenvalue weighted by Gasteiger charge is 2.23. The first-order chi connectivity index (χ1) is 15.0. The van der Waals surface area contributed by atoms with Crippen LogP contribution in [-0.2, 0) is 19.6 Å². The lowest BCUT2D eigenvalue weighted by molar-refractivity contribution is -0.116. The molecule has 0 saturated heterocycles. The Bertz CT molecular complexity index is 1070. The largest absolute Gasteiger partial charge is 0.489 e. The van der Waals surface area contributed by atoms with Crippen LogP contribution < -0.4 is 14.8 Å². The molecule has 0 aliphatic rings. The number of ether oxygens (including phenoxy) is 2. The predicted octanol–water partition coefficient (Wildman–Crippen LogP) is 3.87. The van der Waals surface area contributed by atoms with Gasteiger partial charge in [-0.15, -0.1) is 0 Å². The fourth-order valence-corrected chi connectivity index (χ4v) is 5.17. The van der Waals surface area contributed by atoms with Gasteiger partial charge in [0, 0.05) is 20.1 Å². The molecule has 0 radical (unpaired) electrons. The van der Waals surface area contributed by atoms with Crippen LogP contribution in [0.4, 0.5) is 5.69 Å². The molecule has 32 heavy (non-hydrogen) atoms. The zero-order valence-electron chi connectivity index (χ0n) is 20.0. The Hall–Kier alpha value is -2.42. The molecule has 8 heteroatoms. The van der Waals surface area contributed by atoms with Crippen LogP contribution >= 0.6 is 0 Å². The number of sulfonamides is 1. The first kappa shape index (κ1) is 25.8. The van der Waals surface area contributed by atoms with Gasteiger partial charge in [0.2, 0.25) is 15.9 Å². The highest BCUT2D eigenvalue weighted by atomic mass is 32.2. The van der Waals surface area contributed by atoms with Crippen LogP contribution in [0.5, 0.6) is 5.75 Å². The second kappa shape index (κ2) is 10.9. The van der Waals surface area contributed by atoms with Crippen molar-refractivity contribution in [2.24, 2.45) is 0 Å². The van der Waals surface area contributed by atoms with Crippen molar-refractivity contribution in [3.05, 3.63) is 51.6 Å². The molecule has 0 spiro atoms. The summed E-state index contributed by atoms with van der Waals surface area (Å²) in [6, 6.07) is 5.47. The van der Waals surface area contributed by atoms with Crippen LogP contribution in [0.2, 0.25) is 0 Å². The van der Waals surface area contributed by atoms with E-state index < -0.39 is 10.0 Å². The molecule has 0 aliphatic carbocycles. The Morgan fingerprint density at radius 2 is 1.50 bits per heavy atom. The van der Waals surface area contributed by atoms with Gasteiger partial charge in [-0.2, -0.15) is 0 Å². The fraction of sp³-hybridized carbons (Fsp3) is 0.458. The van der Waals surface area contributed by atoms with Crippen molar-refractivity contribution in [2.75, 3.05) is 32.2 Å². The Balaban J connectivity index is 2.06. The molecule has 0 bridgehead atoms. The third-order valence-electron chi connectivity index (χ3n) is 5.80. The van der Waals surface area contributed by atoms with Crippen molar-refractivity contribution in [3.63, 3.8) is 0 Å². The average Bonchev–Trinajstić information content (AvgIpc) is 2.72. The molecule has 0 fully saturated rings. The van der Waals surface area contributed by atoms with Gasteiger partial charge in [-0.05, 0) is 87.1 Å². The van der Waals surface area contributed by atoms with Gasteiger partial charge in [-0.3, -0.25) is 4.79 Å². The zero-order chi connectivity index (χ0) is 24.1. The van der Waals surface area contributed by atoms with E-state index >= 15 is 0 Å². The van der Waals surface area contributed by atoms with E-state index in [1.165, 1.54) is 0 Å². The van der Waals surface area contributed by atoms with Crippen LogP contribution in [0.1, 0.15) is 39.8 Å². The minimum absolute atomic E-state index is 0.00740. The smallest absolute Gasteiger partial charge is 0.241 e.